The molecule has 0 bridgehead atoms. The molecule has 1 aromatic rings. The molecule has 1 aromatic carbocycles. The quantitative estimate of drug-likeness (QED) is 0.353. The van der Waals surface area contributed by atoms with Crippen LogP contribution < -0.4 is 0 Å². The van der Waals surface area contributed by atoms with Gasteiger partial charge >= 0.3 is 5.97 Å². The average molecular weight is 305 g/mol. The van der Waals surface area contributed by atoms with E-state index in [9.17, 15) is 19.2 Å². The molecule has 1 fully saturated rings. The first kappa shape index (κ1) is 13.8. The van der Waals surface area contributed by atoms with E-state index in [1.807, 2.05) is 0 Å². The number of cyclic esters (lactones) is 1. The van der Waals surface area contributed by atoms with Gasteiger partial charge in [0.25, 0.3) is 11.8 Å². The zero-order chi connectivity index (χ0) is 15.1. The van der Waals surface area contributed by atoms with Crippen LogP contribution in [0, 0.1) is 0 Å². The number of hydrogen-bond donors (Lipinski definition) is 0. The minimum Gasteiger partial charge on any atom is -0.461 e. The molecule has 0 spiro atoms. The van der Waals surface area contributed by atoms with Gasteiger partial charge in [0, 0.05) is 6.42 Å². The number of Topliss-reactive ketones (excluding diaryl/α,β-unsaturated/α-hetero) is 1. The predicted molar refractivity (Wildman–Crippen MR) is 73.5 cm³/mol. The molecule has 0 aromatic heterocycles. The Balaban J connectivity index is 1.84. The molecule has 0 radical (unpaired) electrons. The fourth-order valence-electron chi connectivity index (χ4n) is 2.29. The summed E-state index contributed by atoms with van der Waals surface area (Å²) in [6, 6.07) is 6.39. The molecule has 2 atom stereocenters. The summed E-state index contributed by atoms with van der Waals surface area (Å²) in [7, 11) is 0. The molecular weight excluding hydrogens is 294 g/mol. The van der Waals surface area contributed by atoms with Gasteiger partial charge in [0.1, 0.15) is 6.10 Å². The van der Waals surface area contributed by atoms with Crippen molar-refractivity contribution in [2.75, 3.05) is 0 Å². The summed E-state index contributed by atoms with van der Waals surface area (Å²) in [5.41, 5.74) is 0.556. The van der Waals surface area contributed by atoms with Crippen molar-refractivity contribution in [1.82, 2.24) is 4.31 Å². The van der Waals surface area contributed by atoms with E-state index >= 15 is 0 Å². The SMILES string of the molecule is C[C@H]1CC(=O)C(SN2C(=O)c3ccccc3C2=O)C(=O)O1. The number of imide groups is 1. The molecule has 2 aliphatic heterocycles. The number of hydrogen-bond acceptors (Lipinski definition) is 6. The monoisotopic (exact) mass is 305 g/mol. The Hall–Kier alpha value is -2.15. The van der Waals surface area contributed by atoms with Gasteiger partial charge in [0.15, 0.2) is 11.0 Å². The van der Waals surface area contributed by atoms with Crippen molar-refractivity contribution in [2.24, 2.45) is 0 Å². The van der Waals surface area contributed by atoms with Crippen LogP contribution in [-0.4, -0.2) is 39.2 Å². The highest BCUT2D eigenvalue weighted by atomic mass is 32.2. The van der Waals surface area contributed by atoms with Gasteiger partial charge in [-0.25, -0.2) is 4.31 Å². The lowest BCUT2D eigenvalue weighted by Gasteiger charge is -2.26. The van der Waals surface area contributed by atoms with Crippen molar-refractivity contribution in [3.8, 4) is 0 Å². The Morgan fingerprint density at radius 3 is 2.19 bits per heavy atom. The highest BCUT2D eigenvalue weighted by Crippen LogP contribution is 2.33. The van der Waals surface area contributed by atoms with E-state index in [1.54, 1.807) is 31.2 Å². The van der Waals surface area contributed by atoms with Crippen LogP contribution in [0.25, 0.3) is 0 Å². The molecule has 108 valence electrons. The Kier molecular flexibility index (Phi) is 3.29. The summed E-state index contributed by atoms with van der Waals surface area (Å²) in [6.07, 6.45) is -0.379. The third-order valence-corrected chi connectivity index (χ3v) is 4.49. The number of carbonyl (C=O) groups is 4. The van der Waals surface area contributed by atoms with Crippen LogP contribution in [0.3, 0.4) is 0 Å². The maximum atomic E-state index is 12.2. The Morgan fingerprint density at radius 1 is 1.10 bits per heavy atom. The van der Waals surface area contributed by atoms with Gasteiger partial charge in [-0.1, -0.05) is 12.1 Å². The van der Waals surface area contributed by atoms with Crippen molar-refractivity contribution in [2.45, 2.75) is 24.7 Å². The van der Waals surface area contributed by atoms with Gasteiger partial charge < -0.3 is 4.74 Å². The Bertz CT molecular complexity index is 618. The molecule has 6 nitrogen and oxygen atoms in total. The number of nitrogens with zero attached hydrogens (tertiary/aromatic N) is 1. The largest absolute Gasteiger partial charge is 0.461 e. The molecule has 0 N–H and O–H groups in total. The van der Waals surface area contributed by atoms with E-state index in [4.69, 9.17) is 4.74 Å². The summed E-state index contributed by atoms with van der Waals surface area (Å²) in [5, 5.41) is -1.16. The molecule has 1 unspecified atom stereocenters. The van der Waals surface area contributed by atoms with Crippen molar-refractivity contribution in [3.63, 3.8) is 0 Å². The van der Waals surface area contributed by atoms with Gasteiger partial charge in [-0.3, -0.25) is 19.2 Å². The minimum absolute atomic E-state index is 0.0899. The Morgan fingerprint density at radius 2 is 1.67 bits per heavy atom. The van der Waals surface area contributed by atoms with E-state index in [0.717, 1.165) is 4.31 Å². The summed E-state index contributed by atoms with van der Waals surface area (Å²) in [6.45, 7) is 1.62. The first-order valence-corrected chi connectivity index (χ1v) is 7.20. The van der Waals surface area contributed by atoms with Crippen molar-refractivity contribution in [1.29, 1.82) is 0 Å². The number of benzene rings is 1. The first-order valence-electron chi connectivity index (χ1n) is 6.37. The number of carbonyl (C=O) groups excluding carboxylic acids is 4. The first-order chi connectivity index (χ1) is 9.99. The van der Waals surface area contributed by atoms with Crippen LogP contribution in [-0.2, 0) is 14.3 Å². The highest BCUT2D eigenvalue weighted by molar-refractivity contribution is 8.00. The van der Waals surface area contributed by atoms with E-state index in [1.165, 1.54) is 0 Å². The molecule has 1 saturated heterocycles. The van der Waals surface area contributed by atoms with Crippen molar-refractivity contribution < 1.29 is 23.9 Å². The number of fused-ring (bicyclic) bond motifs is 1. The summed E-state index contributed by atoms with van der Waals surface area (Å²) in [4.78, 5) is 48.1. The molecule has 7 heteroatoms. The van der Waals surface area contributed by atoms with Crippen molar-refractivity contribution in [3.05, 3.63) is 35.4 Å². The van der Waals surface area contributed by atoms with Gasteiger partial charge in [0.05, 0.1) is 11.1 Å². The van der Waals surface area contributed by atoms with Crippen molar-refractivity contribution >= 4 is 35.5 Å². The minimum atomic E-state index is -1.16. The smallest absolute Gasteiger partial charge is 0.328 e. The number of ether oxygens (including phenoxy) is 1. The molecule has 2 amide bonds. The maximum Gasteiger partial charge on any atom is 0.328 e. The Labute approximate surface area is 124 Å². The summed E-state index contributed by atoms with van der Waals surface area (Å²) in [5.74, 6) is -2.07. The normalized spacial score (nSPS) is 25.1. The molecule has 2 heterocycles. The lowest BCUT2D eigenvalue weighted by atomic mass is 10.1. The van der Waals surface area contributed by atoms with Crippen LogP contribution in [0.4, 0.5) is 0 Å². The van der Waals surface area contributed by atoms with Gasteiger partial charge in [0.2, 0.25) is 0 Å². The molecule has 3 rings (SSSR count). The molecule has 0 saturated carbocycles. The second-order valence-corrected chi connectivity index (χ2v) is 5.90. The number of esters is 1. The second kappa shape index (κ2) is 5.00. The topological polar surface area (TPSA) is 80.8 Å². The summed E-state index contributed by atoms with van der Waals surface area (Å²) >= 11 is 0.629. The van der Waals surface area contributed by atoms with Crippen LogP contribution in [0.15, 0.2) is 24.3 Å². The van der Waals surface area contributed by atoms with Gasteiger partial charge in [-0.2, -0.15) is 0 Å². The summed E-state index contributed by atoms with van der Waals surface area (Å²) < 4.78 is 5.86. The highest BCUT2D eigenvalue weighted by Gasteiger charge is 2.43. The zero-order valence-corrected chi connectivity index (χ0v) is 11.9. The number of rotatable bonds is 2. The molecule has 0 aliphatic carbocycles. The maximum absolute atomic E-state index is 12.2. The van der Waals surface area contributed by atoms with E-state index in [2.05, 4.69) is 0 Å². The fraction of sp³-hybridized carbons (Fsp3) is 0.286. The predicted octanol–water partition coefficient (Wildman–Crippen LogP) is 1.20. The fourth-order valence-corrected chi connectivity index (χ4v) is 3.25. The van der Waals surface area contributed by atoms with E-state index in [0.29, 0.717) is 11.9 Å². The van der Waals surface area contributed by atoms with E-state index in [-0.39, 0.29) is 23.3 Å². The zero-order valence-electron chi connectivity index (χ0n) is 11.1. The van der Waals surface area contributed by atoms with Crippen LogP contribution in [0.2, 0.25) is 0 Å². The van der Waals surface area contributed by atoms with Crippen LogP contribution in [0.5, 0.6) is 0 Å². The van der Waals surface area contributed by atoms with Gasteiger partial charge in [-0.05, 0) is 31.0 Å². The van der Waals surface area contributed by atoms with Crippen LogP contribution in [0.1, 0.15) is 34.1 Å². The lowest BCUT2D eigenvalue weighted by Crippen LogP contribution is -2.42. The molecule has 21 heavy (non-hydrogen) atoms. The standard InChI is InChI=1S/C14H11NO5S/c1-7-6-10(16)11(14(19)20-7)21-15-12(17)8-4-2-3-5-9(8)13(15)18/h2-5,7,11H,6H2,1H3/t7-,11?/m0/s1. The average Bonchev–Trinajstić information content (AvgIpc) is 2.67. The van der Waals surface area contributed by atoms with Crippen LogP contribution >= 0.6 is 11.9 Å². The molecular formula is C14H11NO5S. The lowest BCUT2D eigenvalue weighted by molar-refractivity contribution is -0.155. The second-order valence-electron chi connectivity index (χ2n) is 4.85. The number of ketones is 1. The third-order valence-electron chi connectivity index (χ3n) is 3.28. The third kappa shape index (κ3) is 2.23. The number of amides is 2. The van der Waals surface area contributed by atoms with E-state index < -0.39 is 29.1 Å². The van der Waals surface area contributed by atoms with Gasteiger partial charge in [-0.15, -0.1) is 0 Å². The molecule has 2 aliphatic rings.